The quantitative estimate of drug-likeness (QED) is 0.899. The normalized spacial score (nSPS) is 25.4. The zero-order valence-electron chi connectivity index (χ0n) is 8.07. The summed E-state index contributed by atoms with van der Waals surface area (Å²) >= 11 is 3.37. The van der Waals surface area contributed by atoms with Crippen LogP contribution in [0.2, 0.25) is 0 Å². The average molecular weight is 271 g/mol. The van der Waals surface area contributed by atoms with Gasteiger partial charge in [-0.1, -0.05) is 34.1 Å². The first-order chi connectivity index (χ1) is 7.17. The molecule has 1 aliphatic rings. The summed E-state index contributed by atoms with van der Waals surface area (Å²) in [6.07, 6.45) is 1.32. The maximum absolute atomic E-state index is 11.3. The van der Waals surface area contributed by atoms with Crippen molar-refractivity contribution in [1.29, 1.82) is 0 Å². The third kappa shape index (κ3) is 1.68. The Morgan fingerprint density at radius 1 is 1.47 bits per heavy atom. The second kappa shape index (κ2) is 3.94. The molecule has 0 bridgehead atoms. The fourth-order valence-corrected chi connectivity index (χ4v) is 2.53. The number of hydrogen-bond donors (Lipinski definition) is 1. The molecule has 0 radical (unpaired) electrons. The highest BCUT2D eigenvalue weighted by molar-refractivity contribution is 9.10. The van der Waals surface area contributed by atoms with Crippen LogP contribution in [0.15, 0.2) is 28.7 Å². The molecule has 1 aromatic carbocycles. The predicted molar refractivity (Wildman–Crippen MR) is 58.6 cm³/mol. The lowest BCUT2D eigenvalue weighted by Crippen LogP contribution is -2.35. The predicted octanol–water partition coefficient (Wildman–Crippen LogP) is 2.54. The van der Waals surface area contributed by atoms with Gasteiger partial charge in [-0.25, -0.2) is 4.79 Å². The summed E-state index contributed by atoms with van der Waals surface area (Å²) in [7, 11) is 0. The van der Waals surface area contributed by atoms with E-state index in [0.29, 0.717) is 18.6 Å². The zero-order chi connectivity index (χ0) is 10.9. The van der Waals surface area contributed by atoms with Crippen LogP contribution < -0.4 is 0 Å². The van der Waals surface area contributed by atoms with Gasteiger partial charge in [0.1, 0.15) is 0 Å². The number of aliphatic carboxylic acids is 1. The number of rotatable bonds is 2. The van der Waals surface area contributed by atoms with E-state index in [1.54, 1.807) is 6.07 Å². The van der Waals surface area contributed by atoms with Gasteiger partial charge in [-0.05, 0) is 18.9 Å². The topological polar surface area (TPSA) is 46.5 Å². The second-order valence-corrected chi connectivity index (χ2v) is 4.42. The van der Waals surface area contributed by atoms with E-state index in [9.17, 15) is 9.90 Å². The van der Waals surface area contributed by atoms with Crippen LogP contribution in [0.3, 0.4) is 0 Å². The molecule has 1 saturated heterocycles. The molecule has 4 heteroatoms. The van der Waals surface area contributed by atoms with E-state index in [1.807, 2.05) is 18.2 Å². The number of carboxylic acid groups (broad SMARTS) is 1. The van der Waals surface area contributed by atoms with Crippen LogP contribution in [0.25, 0.3) is 0 Å². The fourth-order valence-electron chi connectivity index (χ4n) is 1.92. The van der Waals surface area contributed by atoms with E-state index in [2.05, 4.69) is 15.9 Å². The Morgan fingerprint density at radius 2 is 2.20 bits per heavy atom. The molecule has 15 heavy (non-hydrogen) atoms. The molecular formula is C11H11BrO3. The van der Waals surface area contributed by atoms with Crippen molar-refractivity contribution in [2.75, 3.05) is 6.61 Å². The number of carboxylic acids is 1. The fraction of sp³-hybridized carbons (Fsp3) is 0.364. The van der Waals surface area contributed by atoms with Crippen LogP contribution in [0.1, 0.15) is 18.4 Å². The molecule has 1 atom stereocenters. The number of ether oxygens (including phenoxy) is 1. The first-order valence-corrected chi connectivity index (χ1v) is 5.58. The van der Waals surface area contributed by atoms with Crippen LogP contribution in [0.4, 0.5) is 0 Å². The molecule has 1 aromatic rings. The van der Waals surface area contributed by atoms with Gasteiger partial charge in [-0.2, -0.15) is 0 Å². The molecule has 1 unspecified atom stereocenters. The Bertz CT molecular complexity index is 383. The summed E-state index contributed by atoms with van der Waals surface area (Å²) in [6.45, 7) is 0.508. The Kier molecular flexibility index (Phi) is 2.80. The summed E-state index contributed by atoms with van der Waals surface area (Å²) in [5, 5.41) is 9.30. The van der Waals surface area contributed by atoms with Crippen molar-refractivity contribution in [3.05, 3.63) is 34.3 Å². The lowest BCUT2D eigenvalue weighted by molar-refractivity contribution is -0.161. The van der Waals surface area contributed by atoms with Crippen molar-refractivity contribution in [2.24, 2.45) is 0 Å². The van der Waals surface area contributed by atoms with Crippen LogP contribution in [-0.4, -0.2) is 17.7 Å². The second-order valence-electron chi connectivity index (χ2n) is 3.56. The van der Waals surface area contributed by atoms with E-state index >= 15 is 0 Å². The molecule has 0 aliphatic carbocycles. The van der Waals surface area contributed by atoms with Gasteiger partial charge >= 0.3 is 5.97 Å². The van der Waals surface area contributed by atoms with Crippen molar-refractivity contribution in [3.8, 4) is 0 Å². The molecule has 1 fully saturated rings. The van der Waals surface area contributed by atoms with Gasteiger partial charge in [0.15, 0.2) is 5.60 Å². The van der Waals surface area contributed by atoms with Gasteiger partial charge in [0.2, 0.25) is 0 Å². The van der Waals surface area contributed by atoms with Gasteiger partial charge in [-0.15, -0.1) is 0 Å². The lowest BCUT2D eigenvalue weighted by Gasteiger charge is -2.24. The molecule has 2 rings (SSSR count). The summed E-state index contributed by atoms with van der Waals surface area (Å²) in [5.41, 5.74) is -0.449. The van der Waals surface area contributed by atoms with Crippen LogP contribution >= 0.6 is 15.9 Å². The molecular weight excluding hydrogens is 260 g/mol. The molecule has 80 valence electrons. The van der Waals surface area contributed by atoms with Crippen molar-refractivity contribution in [2.45, 2.75) is 18.4 Å². The maximum atomic E-state index is 11.3. The zero-order valence-corrected chi connectivity index (χ0v) is 9.66. The molecule has 1 aliphatic heterocycles. The highest BCUT2D eigenvalue weighted by Crippen LogP contribution is 2.39. The molecule has 1 heterocycles. The van der Waals surface area contributed by atoms with Gasteiger partial charge in [0, 0.05) is 16.6 Å². The average Bonchev–Trinajstić information content (AvgIpc) is 2.68. The van der Waals surface area contributed by atoms with Crippen molar-refractivity contribution < 1.29 is 14.6 Å². The molecule has 1 N–H and O–H groups in total. The largest absolute Gasteiger partial charge is 0.479 e. The third-order valence-electron chi connectivity index (χ3n) is 2.68. The van der Waals surface area contributed by atoms with E-state index in [0.717, 1.165) is 10.9 Å². The van der Waals surface area contributed by atoms with Crippen molar-refractivity contribution >= 4 is 21.9 Å². The Morgan fingerprint density at radius 3 is 2.73 bits per heavy atom. The third-order valence-corrected chi connectivity index (χ3v) is 3.37. The van der Waals surface area contributed by atoms with Gasteiger partial charge in [0.05, 0.1) is 0 Å². The van der Waals surface area contributed by atoms with Crippen LogP contribution in [-0.2, 0) is 15.1 Å². The first-order valence-electron chi connectivity index (χ1n) is 4.79. The van der Waals surface area contributed by atoms with E-state index in [1.165, 1.54) is 0 Å². The molecule has 0 spiro atoms. The number of benzene rings is 1. The Hall–Kier alpha value is -0.870. The number of carbonyl (C=O) groups is 1. The van der Waals surface area contributed by atoms with Crippen LogP contribution in [0.5, 0.6) is 0 Å². The minimum Gasteiger partial charge on any atom is -0.479 e. The van der Waals surface area contributed by atoms with Gasteiger partial charge in [0.25, 0.3) is 0 Å². The molecule has 3 nitrogen and oxygen atoms in total. The maximum Gasteiger partial charge on any atom is 0.340 e. The summed E-state index contributed by atoms with van der Waals surface area (Å²) in [6, 6.07) is 7.32. The Balaban J connectivity index is 2.50. The monoisotopic (exact) mass is 270 g/mol. The standard InChI is InChI=1S/C11H11BrO3/c12-9-5-2-1-4-8(9)11(10(13)14)6-3-7-15-11/h1-2,4-5H,3,6-7H2,(H,13,14). The highest BCUT2D eigenvalue weighted by atomic mass is 79.9. The van der Waals surface area contributed by atoms with E-state index in [-0.39, 0.29) is 0 Å². The number of hydrogen-bond acceptors (Lipinski definition) is 2. The van der Waals surface area contributed by atoms with Gasteiger partial charge in [-0.3, -0.25) is 0 Å². The summed E-state index contributed by atoms with van der Waals surface area (Å²) in [5.74, 6) is -0.910. The van der Waals surface area contributed by atoms with Crippen molar-refractivity contribution in [3.63, 3.8) is 0 Å². The lowest BCUT2D eigenvalue weighted by atomic mass is 9.91. The Labute approximate surface area is 96.2 Å². The minimum absolute atomic E-state index is 0.508. The van der Waals surface area contributed by atoms with E-state index < -0.39 is 11.6 Å². The SMILES string of the molecule is O=C(O)C1(c2ccccc2Br)CCCO1. The summed E-state index contributed by atoms with van der Waals surface area (Å²) < 4.78 is 6.23. The van der Waals surface area contributed by atoms with E-state index in [4.69, 9.17) is 4.74 Å². The summed E-state index contributed by atoms with van der Waals surface area (Å²) in [4.78, 5) is 11.3. The van der Waals surface area contributed by atoms with Crippen LogP contribution in [0, 0.1) is 0 Å². The number of halogens is 1. The van der Waals surface area contributed by atoms with Crippen molar-refractivity contribution in [1.82, 2.24) is 0 Å². The molecule has 0 saturated carbocycles. The molecule has 0 aromatic heterocycles. The molecule has 0 amide bonds. The highest BCUT2D eigenvalue weighted by Gasteiger charge is 2.45. The first kappa shape index (κ1) is 10.6. The smallest absolute Gasteiger partial charge is 0.340 e. The van der Waals surface area contributed by atoms with Gasteiger partial charge < -0.3 is 9.84 Å². The minimum atomic E-state index is -1.15.